The molecule has 1 unspecified atom stereocenters. The minimum absolute atomic E-state index is 0.166. The largest absolute Gasteiger partial charge is 0.497 e. The molecule has 0 fully saturated rings. The van der Waals surface area contributed by atoms with Crippen LogP contribution in [-0.2, 0) is 4.79 Å². The van der Waals surface area contributed by atoms with Gasteiger partial charge in [-0.3, -0.25) is 9.59 Å². The molecule has 3 aromatic carbocycles. The van der Waals surface area contributed by atoms with E-state index < -0.39 is 0 Å². The summed E-state index contributed by atoms with van der Waals surface area (Å²) in [7, 11) is 1.58. The van der Waals surface area contributed by atoms with E-state index in [1.54, 1.807) is 55.6 Å². The van der Waals surface area contributed by atoms with Crippen LogP contribution in [0.2, 0.25) is 0 Å². The van der Waals surface area contributed by atoms with Crippen LogP contribution < -0.4 is 20.1 Å². The topological polar surface area (TPSA) is 76.7 Å². The second-order valence-electron chi connectivity index (χ2n) is 6.66. The number of anilines is 1. The molecule has 0 aliphatic carbocycles. The van der Waals surface area contributed by atoms with E-state index in [4.69, 9.17) is 9.47 Å². The Morgan fingerprint density at radius 1 is 0.867 bits per heavy atom. The third-order valence-corrected chi connectivity index (χ3v) is 4.52. The molecule has 0 bridgehead atoms. The fourth-order valence-corrected chi connectivity index (χ4v) is 2.90. The number of para-hydroxylation sites is 1. The van der Waals surface area contributed by atoms with E-state index in [2.05, 4.69) is 10.6 Å². The molecular formula is C24H24N2O4. The van der Waals surface area contributed by atoms with Gasteiger partial charge in [-0.25, -0.2) is 0 Å². The smallest absolute Gasteiger partial charge is 0.262 e. The summed E-state index contributed by atoms with van der Waals surface area (Å²) in [5.74, 6) is 0.630. The molecule has 30 heavy (non-hydrogen) atoms. The Morgan fingerprint density at radius 2 is 1.50 bits per heavy atom. The number of ether oxygens (including phenoxy) is 2. The van der Waals surface area contributed by atoms with E-state index in [-0.39, 0.29) is 24.5 Å². The minimum Gasteiger partial charge on any atom is -0.497 e. The molecule has 3 rings (SSSR count). The van der Waals surface area contributed by atoms with Gasteiger partial charge in [-0.05, 0) is 48.9 Å². The Balaban J connectivity index is 1.61. The summed E-state index contributed by atoms with van der Waals surface area (Å²) >= 11 is 0. The van der Waals surface area contributed by atoms with Crippen LogP contribution in [0.25, 0.3) is 0 Å². The zero-order valence-corrected chi connectivity index (χ0v) is 16.9. The maximum Gasteiger partial charge on any atom is 0.262 e. The molecule has 3 aromatic rings. The Morgan fingerprint density at radius 3 is 2.20 bits per heavy atom. The maximum absolute atomic E-state index is 12.8. The second kappa shape index (κ2) is 10.1. The maximum atomic E-state index is 12.8. The first-order valence-electron chi connectivity index (χ1n) is 9.58. The zero-order chi connectivity index (χ0) is 21.3. The molecule has 6 heteroatoms. The number of benzene rings is 3. The lowest BCUT2D eigenvalue weighted by Crippen LogP contribution is -2.28. The van der Waals surface area contributed by atoms with E-state index in [1.165, 1.54) is 0 Å². The van der Waals surface area contributed by atoms with Crippen LogP contribution in [0.15, 0.2) is 78.9 Å². The molecule has 0 aliphatic heterocycles. The Labute approximate surface area is 175 Å². The Bertz CT molecular complexity index is 988. The normalized spacial score (nSPS) is 11.3. The molecule has 0 aromatic heterocycles. The summed E-state index contributed by atoms with van der Waals surface area (Å²) in [5.41, 5.74) is 1.82. The second-order valence-corrected chi connectivity index (χ2v) is 6.66. The molecule has 0 radical (unpaired) electrons. The average molecular weight is 404 g/mol. The summed E-state index contributed by atoms with van der Waals surface area (Å²) in [4.78, 5) is 25.1. The zero-order valence-electron chi connectivity index (χ0n) is 16.9. The highest BCUT2D eigenvalue weighted by atomic mass is 16.5. The quantitative estimate of drug-likeness (QED) is 0.590. The predicted molar refractivity (Wildman–Crippen MR) is 116 cm³/mol. The van der Waals surface area contributed by atoms with E-state index in [0.717, 1.165) is 5.56 Å². The van der Waals surface area contributed by atoms with Crippen LogP contribution in [0.4, 0.5) is 5.69 Å². The number of carbonyl (C=O) groups is 2. The molecule has 154 valence electrons. The molecule has 0 heterocycles. The van der Waals surface area contributed by atoms with Gasteiger partial charge in [0.05, 0.1) is 24.4 Å². The van der Waals surface area contributed by atoms with Gasteiger partial charge in [0.2, 0.25) is 0 Å². The van der Waals surface area contributed by atoms with Crippen molar-refractivity contribution >= 4 is 17.5 Å². The third kappa shape index (κ3) is 5.61. The van der Waals surface area contributed by atoms with E-state index in [0.29, 0.717) is 22.7 Å². The highest BCUT2D eigenvalue weighted by molar-refractivity contribution is 6.04. The monoisotopic (exact) mass is 404 g/mol. The number of carbonyl (C=O) groups excluding carboxylic acids is 2. The predicted octanol–water partition coefficient (Wildman–Crippen LogP) is 4.20. The first kappa shape index (κ1) is 20.9. The van der Waals surface area contributed by atoms with Crippen LogP contribution in [0.1, 0.15) is 28.9 Å². The van der Waals surface area contributed by atoms with Gasteiger partial charge in [0, 0.05) is 0 Å². The van der Waals surface area contributed by atoms with Gasteiger partial charge in [0.15, 0.2) is 6.61 Å². The fraction of sp³-hybridized carbons (Fsp3) is 0.167. The summed E-state index contributed by atoms with van der Waals surface area (Å²) in [6.45, 7) is 1.74. The van der Waals surface area contributed by atoms with Crippen molar-refractivity contribution in [3.05, 3.63) is 90.0 Å². The summed E-state index contributed by atoms with van der Waals surface area (Å²) in [6, 6.07) is 23.3. The molecule has 6 nitrogen and oxygen atoms in total. The SMILES string of the molecule is COc1ccc(OCC(=O)Nc2ccccc2C(=O)NC(C)c2ccccc2)cc1. The first-order chi connectivity index (χ1) is 14.6. The molecule has 1 atom stereocenters. The van der Waals surface area contributed by atoms with Gasteiger partial charge in [0.25, 0.3) is 11.8 Å². The van der Waals surface area contributed by atoms with Crippen molar-refractivity contribution in [1.82, 2.24) is 5.32 Å². The number of hydrogen-bond acceptors (Lipinski definition) is 4. The molecule has 2 N–H and O–H groups in total. The highest BCUT2D eigenvalue weighted by Crippen LogP contribution is 2.19. The van der Waals surface area contributed by atoms with E-state index >= 15 is 0 Å². The number of hydrogen-bond donors (Lipinski definition) is 2. The van der Waals surface area contributed by atoms with Crippen molar-refractivity contribution in [3.8, 4) is 11.5 Å². The van der Waals surface area contributed by atoms with Crippen molar-refractivity contribution < 1.29 is 19.1 Å². The first-order valence-corrected chi connectivity index (χ1v) is 9.58. The van der Waals surface area contributed by atoms with Crippen molar-refractivity contribution in [2.24, 2.45) is 0 Å². The van der Waals surface area contributed by atoms with Gasteiger partial charge >= 0.3 is 0 Å². The van der Waals surface area contributed by atoms with E-state index in [9.17, 15) is 9.59 Å². The number of amides is 2. The lowest BCUT2D eigenvalue weighted by Gasteiger charge is -2.16. The molecular weight excluding hydrogens is 380 g/mol. The van der Waals surface area contributed by atoms with Crippen LogP contribution in [0.3, 0.4) is 0 Å². The standard InChI is InChI=1S/C24H24N2O4/c1-17(18-8-4-3-5-9-18)25-24(28)21-10-6-7-11-22(21)26-23(27)16-30-20-14-12-19(29-2)13-15-20/h3-15,17H,16H2,1-2H3,(H,25,28)(H,26,27). The number of nitrogens with one attached hydrogen (secondary N) is 2. The lowest BCUT2D eigenvalue weighted by molar-refractivity contribution is -0.118. The lowest BCUT2D eigenvalue weighted by atomic mass is 10.1. The van der Waals surface area contributed by atoms with Crippen molar-refractivity contribution in [2.75, 3.05) is 19.0 Å². The summed E-state index contributed by atoms with van der Waals surface area (Å²) < 4.78 is 10.6. The highest BCUT2D eigenvalue weighted by Gasteiger charge is 2.16. The Kier molecular flexibility index (Phi) is 7.05. The fourth-order valence-electron chi connectivity index (χ4n) is 2.90. The van der Waals surface area contributed by atoms with Gasteiger partial charge in [-0.2, -0.15) is 0 Å². The van der Waals surface area contributed by atoms with Crippen LogP contribution >= 0.6 is 0 Å². The van der Waals surface area contributed by atoms with Gasteiger partial charge in [-0.15, -0.1) is 0 Å². The molecule has 0 aliphatic rings. The van der Waals surface area contributed by atoms with Crippen LogP contribution in [-0.4, -0.2) is 25.5 Å². The number of methoxy groups -OCH3 is 1. The Hall–Kier alpha value is -3.80. The molecule has 0 spiro atoms. The molecule has 0 saturated heterocycles. The van der Waals surface area contributed by atoms with Crippen LogP contribution in [0.5, 0.6) is 11.5 Å². The van der Waals surface area contributed by atoms with Crippen molar-refractivity contribution in [2.45, 2.75) is 13.0 Å². The summed E-state index contributed by atoms with van der Waals surface area (Å²) in [6.07, 6.45) is 0. The number of rotatable bonds is 8. The summed E-state index contributed by atoms with van der Waals surface area (Å²) in [5, 5.41) is 5.71. The third-order valence-electron chi connectivity index (χ3n) is 4.52. The van der Waals surface area contributed by atoms with Gasteiger partial charge < -0.3 is 20.1 Å². The van der Waals surface area contributed by atoms with Crippen LogP contribution in [0, 0.1) is 0 Å². The van der Waals surface area contributed by atoms with Gasteiger partial charge in [-0.1, -0.05) is 42.5 Å². The van der Waals surface area contributed by atoms with Gasteiger partial charge in [0.1, 0.15) is 11.5 Å². The van der Waals surface area contributed by atoms with E-state index in [1.807, 2.05) is 37.3 Å². The minimum atomic E-state index is -0.359. The van der Waals surface area contributed by atoms with Crippen molar-refractivity contribution in [1.29, 1.82) is 0 Å². The average Bonchev–Trinajstić information content (AvgIpc) is 2.79. The molecule has 2 amide bonds. The molecule has 0 saturated carbocycles. The van der Waals surface area contributed by atoms with Crippen molar-refractivity contribution in [3.63, 3.8) is 0 Å².